The highest BCUT2D eigenvalue weighted by Crippen LogP contribution is 2.31. The van der Waals surface area contributed by atoms with Gasteiger partial charge in [0.2, 0.25) is 5.95 Å². The maximum atomic E-state index is 12.7. The maximum absolute atomic E-state index is 12.7. The maximum Gasteiger partial charge on any atom is 0.416 e. The second kappa shape index (κ2) is 7.08. The molecule has 25 heavy (non-hydrogen) atoms. The van der Waals surface area contributed by atoms with Crippen LogP contribution in [0.1, 0.15) is 41.6 Å². The molecule has 1 aromatic carbocycles. The molecule has 1 aliphatic rings. The Morgan fingerprint density at radius 3 is 2.44 bits per heavy atom. The number of rotatable bonds is 4. The number of amides is 1. The molecule has 5 nitrogen and oxygen atoms in total. The molecule has 0 aliphatic heterocycles. The first-order valence-corrected chi connectivity index (χ1v) is 7.99. The first-order valence-electron chi connectivity index (χ1n) is 7.99. The molecule has 0 unspecified atom stereocenters. The van der Waals surface area contributed by atoms with Gasteiger partial charge >= 0.3 is 6.18 Å². The highest BCUT2D eigenvalue weighted by Gasteiger charge is 2.30. The topological polar surface area (TPSA) is 66.9 Å². The Hall–Kier alpha value is -2.64. The zero-order valence-corrected chi connectivity index (χ0v) is 13.3. The van der Waals surface area contributed by atoms with Gasteiger partial charge in [0.15, 0.2) is 0 Å². The van der Waals surface area contributed by atoms with Crippen molar-refractivity contribution in [2.75, 3.05) is 5.32 Å². The Kier molecular flexibility index (Phi) is 4.87. The Morgan fingerprint density at radius 2 is 1.80 bits per heavy atom. The molecule has 2 N–H and O–H groups in total. The summed E-state index contributed by atoms with van der Waals surface area (Å²) in [5.41, 5.74) is -0.218. The predicted octanol–water partition coefficient (Wildman–Crippen LogP) is 3.91. The molecule has 0 radical (unpaired) electrons. The Morgan fingerprint density at radius 1 is 1.12 bits per heavy atom. The zero-order valence-electron chi connectivity index (χ0n) is 13.3. The predicted molar refractivity (Wildman–Crippen MR) is 86.5 cm³/mol. The summed E-state index contributed by atoms with van der Waals surface area (Å²) in [5.74, 6) is -0.116. The minimum absolute atomic E-state index is 0.122. The standard InChI is InChI=1S/C17H17F3N4O/c18-17(19,20)12-4-3-7-14(8-12)24-16-21-9-11(10-22-16)15(25)23-13-5-1-2-6-13/h3-4,7-10,13H,1-2,5-6H2,(H,23,25)(H,21,22,24). The molecular formula is C17H17F3N4O. The number of nitrogens with one attached hydrogen (secondary N) is 2. The smallest absolute Gasteiger partial charge is 0.349 e. The second-order valence-electron chi connectivity index (χ2n) is 5.95. The van der Waals surface area contributed by atoms with E-state index in [-0.39, 0.29) is 23.6 Å². The number of anilines is 2. The van der Waals surface area contributed by atoms with Gasteiger partial charge < -0.3 is 10.6 Å². The minimum atomic E-state index is -4.42. The lowest BCUT2D eigenvalue weighted by atomic mass is 10.2. The van der Waals surface area contributed by atoms with Crippen molar-refractivity contribution < 1.29 is 18.0 Å². The van der Waals surface area contributed by atoms with Crippen LogP contribution in [0.4, 0.5) is 24.8 Å². The largest absolute Gasteiger partial charge is 0.416 e. The van der Waals surface area contributed by atoms with Gasteiger partial charge in [0.25, 0.3) is 5.91 Å². The third kappa shape index (κ3) is 4.46. The summed E-state index contributed by atoms with van der Waals surface area (Å²) in [6.45, 7) is 0. The number of carbonyl (C=O) groups excluding carboxylic acids is 1. The summed E-state index contributed by atoms with van der Waals surface area (Å²) in [4.78, 5) is 20.1. The average Bonchev–Trinajstić information content (AvgIpc) is 3.08. The van der Waals surface area contributed by atoms with Crippen LogP contribution in [-0.4, -0.2) is 21.9 Å². The van der Waals surface area contributed by atoms with E-state index in [2.05, 4.69) is 20.6 Å². The molecule has 0 spiro atoms. The average molecular weight is 350 g/mol. The number of benzene rings is 1. The van der Waals surface area contributed by atoms with E-state index in [1.165, 1.54) is 24.5 Å². The van der Waals surface area contributed by atoms with Crippen molar-refractivity contribution in [3.8, 4) is 0 Å². The number of hydrogen-bond donors (Lipinski definition) is 2. The Labute approximate surface area is 142 Å². The summed E-state index contributed by atoms with van der Waals surface area (Å²) in [5, 5.41) is 5.63. The van der Waals surface area contributed by atoms with Crippen molar-refractivity contribution in [1.29, 1.82) is 0 Å². The van der Waals surface area contributed by atoms with Crippen LogP contribution in [0.2, 0.25) is 0 Å². The van der Waals surface area contributed by atoms with E-state index in [1.807, 2.05) is 0 Å². The van der Waals surface area contributed by atoms with Crippen molar-refractivity contribution in [1.82, 2.24) is 15.3 Å². The summed E-state index contributed by atoms with van der Waals surface area (Å²) in [6, 6.07) is 4.94. The zero-order chi connectivity index (χ0) is 17.9. The molecule has 1 fully saturated rings. The van der Waals surface area contributed by atoms with Gasteiger partial charge in [-0.15, -0.1) is 0 Å². The lowest BCUT2D eigenvalue weighted by molar-refractivity contribution is -0.137. The molecule has 132 valence electrons. The molecule has 1 amide bonds. The molecule has 1 heterocycles. The van der Waals surface area contributed by atoms with Crippen LogP contribution in [0.25, 0.3) is 0 Å². The molecule has 8 heteroatoms. The number of hydrogen-bond acceptors (Lipinski definition) is 4. The van der Waals surface area contributed by atoms with Gasteiger partial charge in [0, 0.05) is 24.1 Å². The summed E-state index contributed by atoms with van der Waals surface area (Å²) >= 11 is 0. The Balaban J connectivity index is 1.65. The summed E-state index contributed by atoms with van der Waals surface area (Å²) in [6.07, 6.45) is 2.47. The van der Waals surface area contributed by atoms with Crippen molar-refractivity contribution in [2.45, 2.75) is 37.9 Å². The van der Waals surface area contributed by atoms with Crippen LogP contribution in [0.5, 0.6) is 0 Å². The van der Waals surface area contributed by atoms with Crippen LogP contribution in [0.15, 0.2) is 36.7 Å². The van der Waals surface area contributed by atoms with E-state index in [4.69, 9.17) is 0 Å². The van der Waals surface area contributed by atoms with Gasteiger partial charge in [0.05, 0.1) is 11.1 Å². The van der Waals surface area contributed by atoms with E-state index in [0.717, 1.165) is 37.8 Å². The van der Waals surface area contributed by atoms with Crippen molar-refractivity contribution in [3.63, 3.8) is 0 Å². The van der Waals surface area contributed by atoms with Crippen molar-refractivity contribution >= 4 is 17.5 Å². The fourth-order valence-corrected chi connectivity index (χ4v) is 2.75. The molecule has 1 aromatic heterocycles. The second-order valence-corrected chi connectivity index (χ2v) is 5.95. The number of alkyl halides is 3. The number of carbonyl (C=O) groups is 1. The lowest BCUT2D eigenvalue weighted by Gasteiger charge is -2.12. The summed E-state index contributed by atoms with van der Waals surface area (Å²) < 4.78 is 38.1. The van der Waals surface area contributed by atoms with Gasteiger partial charge in [-0.3, -0.25) is 4.79 Å². The fraction of sp³-hybridized carbons (Fsp3) is 0.353. The molecular weight excluding hydrogens is 333 g/mol. The molecule has 1 saturated carbocycles. The number of nitrogens with zero attached hydrogens (tertiary/aromatic N) is 2. The fourth-order valence-electron chi connectivity index (χ4n) is 2.75. The molecule has 1 aliphatic carbocycles. The van der Waals surface area contributed by atoms with Crippen LogP contribution >= 0.6 is 0 Å². The normalized spacial score (nSPS) is 15.2. The minimum Gasteiger partial charge on any atom is -0.349 e. The first-order chi connectivity index (χ1) is 11.9. The SMILES string of the molecule is O=C(NC1CCCC1)c1cnc(Nc2cccc(C(F)(F)F)c2)nc1. The molecule has 2 aromatic rings. The third-order valence-electron chi connectivity index (χ3n) is 4.05. The number of halogens is 3. The van der Waals surface area contributed by atoms with Gasteiger partial charge in [0.1, 0.15) is 0 Å². The first kappa shape index (κ1) is 17.2. The van der Waals surface area contributed by atoms with E-state index < -0.39 is 11.7 Å². The molecule has 3 rings (SSSR count). The monoisotopic (exact) mass is 350 g/mol. The third-order valence-corrected chi connectivity index (χ3v) is 4.05. The highest BCUT2D eigenvalue weighted by atomic mass is 19.4. The van der Waals surface area contributed by atoms with Crippen molar-refractivity contribution in [2.24, 2.45) is 0 Å². The quantitative estimate of drug-likeness (QED) is 0.877. The highest BCUT2D eigenvalue weighted by molar-refractivity contribution is 5.93. The molecule has 0 saturated heterocycles. The summed E-state index contributed by atoms with van der Waals surface area (Å²) in [7, 11) is 0. The van der Waals surface area contributed by atoms with E-state index in [0.29, 0.717) is 5.56 Å². The number of aromatic nitrogens is 2. The van der Waals surface area contributed by atoms with E-state index >= 15 is 0 Å². The Bertz CT molecular complexity index is 740. The van der Waals surface area contributed by atoms with Gasteiger partial charge in [-0.2, -0.15) is 13.2 Å². The van der Waals surface area contributed by atoms with Crippen LogP contribution in [0, 0.1) is 0 Å². The van der Waals surface area contributed by atoms with Crippen LogP contribution in [-0.2, 0) is 6.18 Å². The lowest BCUT2D eigenvalue weighted by Crippen LogP contribution is -2.32. The van der Waals surface area contributed by atoms with Crippen molar-refractivity contribution in [3.05, 3.63) is 47.8 Å². The molecule has 0 bridgehead atoms. The van der Waals surface area contributed by atoms with E-state index in [9.17, 15) is 18.0 Å². The van der Waals surface area contributed by atoms with Gasteiger partial charge in [-0.25, -0.2) is 9.97 Å². The van der Waals surface area contributed by atoms with Crippen LogP contribution < -0.4 is 10.6 Å². The molecule has 0 atom stereocenters. The van der Waals surface area contributed by atoms with E-state index in [1.54, 1.807) is 0 Å². The van der Waals surface area contributed by atoms with Gasteiger partial charge in [-0.1, -0.05) is 18.9 Å². The van der Waals surface area contributed by atoms with Gasteiger partial charge in [-0.05, 0) is 31.0 Å². The van der Waals surface area contributed by atoms with Crippen LogP contribution in [0.3, 0.4) is 0 Å².